The van der Waals surface area contributed by atoms with Crippen LogP contribution in [-0.2, 0) is 6.54 Å². The van der Waals surface area contributed by atoms with E-state index in [0.29, 0.717) is 55.8 Å². The number of piperazine rings is 1. The van der Waals surface area contributed by atoms with Crippen LogP contribution in [0.4, 0.5) is 4.39 Å². The maximum absolute atomic E-state index is 13.0. The smallest absolute Gasteiger partial charge is 0.289 e. The highest BCUT2D eigenvalue weighted by Gasteiger charge is 2.24. The van der Waals surface area contributed by atoms with E-state index in [0.717, 1.165) is 0 Å². The van der Waals surface area contributed by atoms with Crippen molar-refractivity contribution in [2.75, 3.05) is 26.2 Å². The second-order valence-corrected chi connectivity index (χ2v) is 6.07. The molecule has 3 heterocycles. The Morgan fingerprint density at radius 3 is 2.58 bits per heavy atom. The number of halogens is 1. The Labute approximate surface area is 149 Å². The summed E-state index contributed by atoms with van der Waals surface area (Å²) in [7, 11) is 0. The zero-order valence-electron chi connectivity index (χ0n) is 14.0. The highest BCUT2D eigenvalue weighted by atomic mass is 19.1. The summed E-state index contributed by atoms with van der Waals surface area (Å²) < 4.78 is 23.4. The lowest BCUT2D eigenvalue weighted by atomic mass is 10.2. The number of amides is 1. The number of carbonyl (C=O) groups is 1. The second-order valence-electron chi connectivity index (χ2n) is 6.07. The highest BCUT2D eigenvalue weighted by molar-refractivity contribution is 5.91. The van der Waals surface area contributed by atoms with Crippen molar-refractivity contribution in [2.24, 2.45) is 0 Å². The fraction of sp³-hybridized carbons (Fsp3) is 0.278. The standard InChI is InChI=1S/C18H17FN4O3/c19-14-5-3-13(4-6-14)17-20-16(21-26-17)12-22-7-9-23(10-8-22)18(24)15-2-1-11-25-15/h1-6,11H,7-10,12H2. The summed E-state index contributed by atoms with van der Waals surface area (Å²) in [5, 5.41) is 3.99. The molecule has 0 atom stereocenters. The molecule has 1 saturated heterocycles. The van der Waals surface area contributed by atoms with Gasteiger partial charge in [-0.05, 0) is 36.4 Å². The Balaban J connectivity index is 1.33. The number of benzene rings is 1. The molecule has 4 rings (SSSR count). The average Bonchev–Trinajstić information content (AvgIpc) is 3.35. The molecule has 0 aliphatic carbocycles. The summed E-state index contributed by atoms with van der Waals surface area (Å²) in [6.07, 6.45) is 1.50. The van der Waals surface area contributed by atoms with Crippen LogP contribution in [0.3, 0.4) is 0 Å². The fourth-order valence-electron chi connectivity index (χ4n) is 2.89. The predicted octanol–water partition coefficient (Wildman–Crippen LogP) is 2.43. The van der Waals surface area contributed by atoms with Crippen LogP contribution in [-0.4, -0.2) is 52.0 Å². The van der Waals surface area contributed by atoms with Crippen molar-refractivity contribution in [1.29, 1.82) is 0 Å². The molecule has 1 aliphatic heterocycles. The molecular weight excluding hydrogens is 339 g/mol. The van der Waals surface area contributed by atoms with E-state index in [1.165, 1.54) is 18.4 Å². The zero-order chi connectivity index (χ0) is 17.9. The van der Waals surface area contributed by atoms with Crippen molar-refractivity contribution < 1.29 is 18.1 Å². The summed E-state index contributed by atoms with van der Waals surface area (Å²) in [6, 6.07) is 9.30. The van der Waals surface area contributed by atoms with Gasteiger partial charge in [0.25, 0.3) is 11.8 Å². The Morgan fingerprint density at radius 2 is 1.88 bits per heavy atom. The number of furan rings is 1. The first-order valence-electron chi connectivity index (χ1n) is 8.33. The van der Waals surface area contributed by atoms with Crippen LogP contribution in [0, 0.1) is 5.82 Å². The van der Waals surface area contributed by atoms with Crippen molar-refractivity contribution in [2.45, 2.75) is 6.54 Å². The van der Waals surface area contributed by atoms with Crippen molar-refractivity contribution in [3.05, 3.63) is 60.1 Å². The summed E-state index contributed by atoms with van der Waals surface area (Å²) in [6.45, 7) is 3.19. The maximum Gasteiger partial charge on any atom is 0.289 e. The maximum atomic E-state index is 13.0. The topological polar surface area (TPSA) is 75.6 Å². The minimum Gasteiger partial charge on any atom is -0.459 e. The lowest BCUT2D eigenvalue weighted by molar-refractivity contribution is 0.0594. The van der Waals surface area contributed by atoms with Crippen LogP contribution in [0.2, 0.25) is 0 Å². The summed E-state index contributed by atoms with van der Waals surface area (Å²) in [4.78, 5) is 20.6. The molecule has 0 spiro atoms. The second kappa shape index (κ2) is 7.09. The Morgan fingerprint density at radius 1 is 1.12 bits per heavy atom. The van der Waals surface area contributed by atoms with Gasteiger partial charge in [-0.2, -0.15) is 4.98 Å². The molecule has 3 aromatic rings. The third kappa shape index (κ3) is 3.50. The van der Waals surface area contributed by atoms with Crippen LogP contribution >= 0.6 is 0 Å². The zero-order valence-corrected chi connectivity index (χ0v) is 14.0. The minimum absolute atomic E-state index is 0.0900. The lowest BCUT2D eigenvalue weighted by Crippen LogP contribution is -2.48. The molecular formula is C18H17FN4O3. The predicted molar refractivity (Wildman–Crippen MR) is 89.6 cm³/mol. The molecule has 1 amide bonds. The van der Waals surface area contributed by atoms with Crippen LogP contribution in [0.5, 0.6) is 0 Å². The first-order valence-corrected chi connectivity index (χ1v) is 8.33. The van der Waals surface area contributed by atoms with Gasteiger partial charge in [0, 0.05) is 31.7 Å². The van der Waals surface area contributed by atoms with Gasteiger partial charge in [-0.3, -0.25) is 9.69 Å². The molecule has 7 nitrogen and oxygen atoms in total. The normalized spacial score (nSPS) is 15.3. The van der Waals surface area contributed by atoms with E-state index in [-0.39, 0.29) is 11.7 Å². The number of nitrogens with zero attached hydrogens (tertiary/aromatic N) is 4. The van der Waals surface area contributed by atoms with Gasteiger partial charge in [0.05, 0.1) is 12.8 Å². The fourth-order valence-corrected chi connectivity index (χ4v) is 2.89. The molecule has 8 heteroatoms. The number of rotatable bonds is 4. The lowest BCUT2D eigenvalue weighted by Gasteiger charge is -2.33. The number of carbonyl (C=O) groups excluding carboxylic acids is 1. The van der Waals surface area contributed by atoms with Crippen molar-refractivity contribution in [3.8, 4) is 11.5 Å². The molecule has 2 aromatic heterocycles. The van der Waals surface area contributed by atoms with E-state index in [1.54, 1.807) is 29.2 Å². The van der Waals surface area contributed by atoms with Crippen molar-refractivity contribution in [1.82, 2.24) is 19.9 Å². The number of hydrogen-bond donors (Lipinski definition) is 0. The molecule has 0 bridgehead atoms. The van der Waals surface area contributed by atoms with Gasteiger partial charge < -0.3 is 13.8 Å². The molecule has 1 aliphatic rings. The van der Waals surface area contributed by atoms with Crippen molar-refractivity contribution in [3.63, 3.8) is 0 Å². The van der Waals surface area contributed by atoms with Crippen LogP contribution in [0.1, 0.15) is 16.4 Å². The average molecular weight is 356 g/mol. The van der Waals surface area contributed by atoms with Crippen LogP contribution in [0.25, 0.3) is 11.5 Å². The molecule has 1 aromatic carbocycles. The Hall–Kier alpha value is -3.00. The van der Waals surface area contributed by atoms with E-state index in [4.69, 9.17) is 8.94 Å². The van der Waals surface area contributed by atoms with E-state index in [1.807, 2.05) is 0 Å². The molecule has 0 N–H and O–H groups in total. The van der Waals surface area contributed by atoms with E-state index in [2.05, 4.69) is 15.0 Å². The monoisotopic (exact) mass is 356 g/mol. The van der Waals surface area contributed by atoms with Gasteiger partial charge in [-0.15, -0.1) is 0 Å². The molecule has 134 valence electrons. The largest absolute Gasteiger partial charge is 0.459 e. The quantitative estimate of drug-likeness (QED) is 0.715. The first-order chi connectivity index (χ1) is 12.7. The molecule has 0 saturated carbocycles. The van der Waals surface area contributed by atoms with Gasteiger partial charge in [0.1, 0.15) is 5.82 Å². The van der Waals surface area contributed by atoms with Gasteiger partial charge in [-0.1, -0.05) is 5.16 Å². The summed E-state index contributed by atoms with van der Waals surface area (Å²) in [5.74, 6) is 0.894. The number of hydrogen-bond acceptors (Lipinski definition) is 6. The van der Waals surface area contributed by atoms with Gasteiger partial charge in [0.15, 0.2) is 11.6 Å². The van der Waals surface area contributed by atoms with Gasteiger partial charge in [0.2, 0.25) is 0 Å². The minimum atomic E-state index is -0.310. The first kappa shape index (κ1) is 16.5. The van der Waals surface area contributed by atoms with Gasteiger partial charge >= 0.3 is 0 Å². The third-order valence-corrected chi connectivity index (χ3v) is 4.32. The molecule has 0 radical (unpaired) electrons. The Kier molecular flexibility index (Phi) is 4.49. The molecule has 0 unspecified atom stereocenters. The molecule has 1 fully saturated rings. The summed E-state index contributed by atoms with van der Waals surface area (Å²) >= 11 is 0. The SMILES string of the molecule is O=C(c1ccco1)N1CCN(Cc2noc(-c3ccc(F)cc3)n2)CC1. The number of aromatic nitrogens is 2. The van der Waals surface area contributed by atoms with E-state index >= 15 is 0 Å². The Bertz CT molecular complexity index is 868. The van der Waals surface area contributed by atoms with E-state index < -0.39 is 0 Å². The molecule has 26 heavy (non-hydrogen) atoms. The highest BCUT2D eigenvalue weighted by Crippen LogP contribution is 2.18. The van der Waals surface area contributed by atoms with Crippen LogP contribution < -0.4 is 0 Å². The third-order valence-electron chi connectivity index (χ3n) is 4.32. The van der Waals surface area contributed by atoms with Crippen LogP contribution in [0.15, 0.2) is 51.6 Å². The van der Waals surface area contributed by atoms with Crippen molar-refractivity contribution >= 4 is 5.91 Å². The van der Waals surface area contributed by atoms with Gasteiger partial charge in [-0.25, -0.2) is 4.39 Å². The summed E-state index contributed by atoms with van der Waals surface area (Å²) in [5.41, 5.74) is 0.680. The van der Waals surface area contributed by atoms with E-state index in [9.17, 15) is 9.18 Å².